The number of para-hydroxylation sites is 1. The number of allylic oxidation sites excluding steroid dienone is 1. The second kappa shape index (κ2) is 9.52. The first kappa shape index (κ1) is 22.2. The van der Waals surface area contributed by atoms with Gasteiger partial charge in [-0.25, -0.2) is 9.78 Å². The molecular weight excluding hydrogens is 400 g/mol. The number of thiazole rings is 1. The fourth-order valence-electron chi connectivity index (χ4n) is 4.14. The van der Waals surface area contributed by atoms with E-state index in [1.54, 1.807) is 16.2 Å². The van der Waals surface area contributed by atoms with Gasteiger partial charge in [-0.1, -0.05) is 35.5 Å². The van der Waals surface area contributed by atoms with E-state index in [0.29, 0.717) is 5.92 Å². The van der Waals surface area contributed by atoms with Gasteiger partial charge in [-0.05, 0) is 77.8 Å². The molecule has 158 valence electrons. The van der Waals surface area contributed by atoms with E-state index in [-0.39, 0.29) is 11.6 Å². The molecular formula is C23H32N2O2S2. The van der Waals surface area contributed by atoms with Crippen LogP contribution in [0.2, 0.25) is 0 Å². The maximum absolute atomic E-state index is 11.7. The van der Waals surface area contributed by atoms with Crippen molar-refractivity contribution in [3.8, 4) is 0 Å². The second-order valence-electron chi connectivity index (χ2n) is 9.02. The van der Waals surface area contributed by atoms with Crippen LogP contribution in [0.1, 0.15) is 59.8 Å². The standard InChI is InChI=1S/C23H32N2O2S2/c1-16(15-28-21-24-19-7-5-6-8-20(19)29-21)9-10-17-11-13-18(14-12-17)25(22(26)27)23(2,3)4/h5-9,17-18H,10-15H2,1-4H3,(H,26,27)/b16-9+/t17-,18-. The number of nitrogens with zero attached hydrogens (tertiary/aromatic N) is 2. The topological polar surface area (TPSA) is 53.4 Å². The summed E-state index contributed by atoms with van der Waals surface area (Å²) in [6, 6.07) is 8.45. The Morgan fingerprint density at radius 3 is 2.59 bits per heavy atom. The predicted octanol–water partition coefficient (Wildman–Crippen LogP) is 7.06. The number of thioether (sulfide) groups is 1. The van der Waals surface area contributed by atoms with Crippen LogP contribution in [0.4, 0.5) is 4.79 Å². The summed E-state index contributed by atoms with van der Waals surface area (Å²) in [5.74, 6) is 1.65. The van der Waals surface area contributed by atoms with Crippen molar-refractivity contribution in [2.24, 2.45) is 5.92 Å². The molecule has 3 rings (SSSR count). The highest BCUT2D eigenvalue weighted by molar-refractivity contribution is 8.01. The first-order valence-electron chi connectivity index (χ1n) is 10.4. The minimum Gasteiger partial charge on any atom is -0.465 e. The van der Waals surface area contributed by atoms with Crippen LogP contribution in [0.25, 0.3) is 10.2 Å². The maximum Gasteiger partial charge on any atom is 0.407 e. The van der Waals surface area contributed by atoms with Gasteiger partial charge in [0.1, 0.15) is 0 Å². The van der Waals surface area contributed by atoms with E-state index < -0.39 is 6.09 Å². The molecule has 1 saturated carbocycles. The van der Waals surface area contributed by atoms with Crippen molar-refractivity contribution >= 4 is 39.4 Å². The van der Waals surface area contributed by atoms with Gasteiger partial charge in [0.2, 0.25) is 0 Å². The lowest BCUT2D eigenvalue weighted by Crippen LogP contribution is -2.52. The third-order valence-corrected chi connectivity index (χ3v) is 7.98. The van der Waals surface area contributed by atoms with Crippen molar-refractivity contribution in [3.05, 3.63) is 35.9 Å². The van der Waals surface area contributed by atoms with Gasteiger partial charge < -0.3 is 10.0 Å². The van der Waals surface area contributed by atoms with E-state index in [1.807, 2.05) is 38.6 Å². The summed E-state index contributed by atoms with van der Waals surface area (Å²) in [4.78, 5) is 18.1. The predicted molar refractivity (Wildman–Crippen MR) is 124 cm³/mol. The molecule has 0 unspecified atom stereocenters. The molecule has 1 fully saturated rings. The van der Waals surface area contributed by atoms with Gasteiger partial charge in [-0.3, -0.25) is 0 Å². The average molecular weight is 433 g/mol. The second-order valence-corrected chi connectivity index (χ2v) is 11.3. The number of benzene rings is 1. The quantitative estimate of drug-likeness (QED) is 0.392. The Kier molecular flexibility index (Phi) is 7.28. The Balaban J connectivity index is 1.46. The van der Waals surface area contributed by atoms with E-state index in [1.165, 1.54) is 10.3 Å². The SMILES string of the molecule is C/C(=C\C[C@H]1CC[C@H](N(C(=O)O)C(C)(C)C)CC1)CSc1nc2ccccc2s1. The van der Waals surface area contributed by atoms with Gasteiger partial charge in [-0.15, -0.1) is 11.3 Å². The van der Waals surface area contributed by atoms with Crippen LogP contribution in [0.15, 0.2) is 40.3 Å². The lowest BCUT2D eigenvalue weighted by molar-refractivity contribution is 0.0506. The molecule has 4 nitrogen and oxygen atoms in total. The smallest absolute Gasteiger partial charge is 0.407 e. The Morgan fingerprint density at radius 1 is 1.28 bits per heavy atom. The summed E-state index contributed by atoms with van der Waals surface area (Å²) in [5.41, 5.74) is 2.15. The number of carboxylic acid groups (broad SMARTS) is 1. The van der Waals surface area contributed by atoms with E-state index in [9.17, 15) is 9.90 Å². The molecule has 0 atom stereocenters. The highest BCUT2D eigenvalue weighted by atomic mass is 32.2. The normalized spacial score (nSPS) is 20.8. The molecule has 1 aliphatic carbocycles. The number of fused-ring (bicyclic) bond motifs is 1. The van der Waals surface area contributed by atoms with Crippen molar-refractivity contribution in [2.45, 2.75) is 75.7 Å². The maximum atomic E-state index is 11.7. The summed E-state index contributed by atoms with van der Waals surface area (Å²) in [5, 5.41) is 9.61. The Labute approximate surface area is 182 Å². The van der Waals surface area contributed by atoms with Crippen LogP contribution < -0.4 is 0 Å². The van der Waals surface area contributed by atoms with Crippen molar-refractivity contribution in [3.63, 3.8) is 0 Å². The van der Waals surface area contributed by atoms with E-state index in [4.69, 9.17) is 4.98 Å². The zero-order valence-electron chi connectivity index (χ0n) is 17.9. The molecule has 1 aromatic carbocycles. The van der Waals surface area contributed by atoms with E-state index >= 15 is 0 Å². The van der Waals surface area contributed by atoms with Crippen molar-refractivity contribution in [1.29, 1.82) is 0 Å². The Morgan fingerprint density at radius 2 is 1.97 bits per heavy atom. The lowest BCUT2D eigenvalue weighted by atomic mass is 9.82. The fourth-order valence-corrected chi connectivity index (χ4v) is 6.16. The molecule has 1 aromatic heterocycles. The Hall–Kier alpha value is -1.53. The molecule has 2 aromatic rings. The summed E-state index contributed by atoms with van der Waals surface area (Å²) < 4.78 is 2.38. The van der Waals surface area contributed by atoms with Gasteiger partial charge >= 0.3 is 6.09 Å². The minimum atomic E-state index is -0.788. The van der Waals surface area contributed by atoms with Crippen molar-refractivity contribution in [1.82, 2.24) is 9.88 Å². The highest BCUT2D eigenvalue weighted by Crippen LogP contribution is 2.34. The molecule has 1 N–H and O–H groups in total. The van der Waals surface area contributed by atoms with Crippen LogP contribution in [0.3, 0.4) is 0 Å². The van der Waals surface area contributed by atoms with Crippen molar-refractivity contribution in [2.75, 3.05) is 5.75 Å². The Bertz CT molecular complexity index is 828. The zero-order valence-corrected chi connectivity index (χ0v) is 19.5. The first-order chi connectivity index (χ1) is 13.7. The molecule has 0 saturated heterocycles. The van der Waals surface area contributed by atoms with Crippen LogP contribution >= 0.6 is 23.1 Å². The monoisotopic (exact) mass is 432 g/mol. The lowest BCUT2D eigenvalue weighted by Gasteiger charge is -2.42. The third-order valence-electron chi connectivity index (χ3n) is 5.61. The van der Waals surface area contributed by atoms with E-state index in [2.05, 4.69) is 31.2 Å². The molecule has 1 heterocycles. The number of carbonyl (C=O) groups is 1. The molecule has 6 heteroatoms. The molecule has 1 amide bonds. The largest absolute Gasteiger partial charge is 0.465 e. The van der Waals surface area contributed by atoms with E-state index in [0.717, 1.165) is 47.7 Å². The van der Waals surface area contributed by atoms with Gasteiger partial charge in [0.25, 0.3) is 0 Å². The molecule has 0 radical (unpaired) electrons. The van der Waals surface area contributed by atoms with Crippen LogP contribution in [-0.4, -0.2) is 38.4 Å². The summed E-state index contributed by atoms with van der Waals surface area (Å²) in [7, 11) is 0. The molecule has 29 heavy (non-hydrogen) atoms. The molecule has 1 aliphatic rings. The van der Waals surface area contributed by atoms with Gasteiger partial charge in [0, 0.05) is 17.3 Å². The van der Waals surface area contributed by atoms with Gasteiger partial charge in [-0.2, -0.15) is 0 Å². The summed E-state index contributed by atoms with van der Waals surface area (Å²) in [6.45, 7) is 8.17. The molecule has 0 spiro atoms. The zero-order chi connectivity index (χ0) is 21.0. The first-order valence-corrected chi connectivity index (χ1v) is 12.2. The third kappa shape index (κ3) is 5.98. The number of amides is 1. The minimum absolute atomic E-state index is 0.156. The van der Waals surface area contributed by atoms with Crippen LogP contribution in [0.5, 0.6) is 0 Å². The molecule has 0 aliphatic heterocycles. The number of aromatic nitrogens is 1. The highest BCUT2D eigenvalue weighted by Gasteiger charge is 2.35. The number of hydrogen-bond donors (Lipinski definition) is 1. The fraction of sp³-hybridized carbons (Fsp3) is 0.565. The van der Waals surface area contributed by atoms with Gasteiger partial charge in [0.05, 0.1) is 10.2 Å². The average Bonchev–Trinajstić information content (AvgIpc) is 3.07. The summed E-state index contributed by atoms with van der Waals surface area (Å²) >= 11 is 3.58. The summed E-state index contributed by atoms with van der Waals surface area (Å²) in [6.07, 6.45) is 6.86. The van der Waals surface area contributed by atoms with Crippen LogP contribution in [-0.2, 0) is 0 Å². The molecule has 0 bridgehead atoms. The number of rotatable bonds is 6. The van der Waals surface area contributed by atoms with Gasteiger partial charge in [0.15, 0.2) is 4.34 Å². The number of hydrogen-bond acceptors (Lipinski definition) is 4. The van der Waals surface area contributed by atoms with Crippen LogP contribution in [0, 0.1) is 5.92 Å². The van der Waals surface area contributed by atoms with Crippen molar-refractivity contribution < 1.29 is 9.90 Å².